The number of aromatic nitrogens is 2. The van der Waals surface area contributed by atoms with Crippen molar-refractivity contribution in [2.24, 2.45) is 5.41 Å². The van der Waals surface area contributed by atoms with Crippen LogP contribution in [0, 0.1) is 17.0 Å². The number of rotatable bonds is 2. The fourth-order valence-corrected chi connectivity index (χ4v) is 3.49. The fourth-order valence-electron chi connectivity index (χ4n) is 3.30. The van der Waals surface area contributed by atoms with Crippen LogP contribution in [0.4, 0.5) is 8.78 Å². The van der Waals surface area contributed by atoms with Gasteiger partial charge in [0.05, 0.1) is 11.4 Å². The van der Waals surface area contributed by atoms with Crippen LogP contribution in [0.15, 0.2) is 12.1 Å². The molecule has 0 bridgehead atoms. The van der Waals surface area contributed by atoms with E-state index in [2.05, 4.69) is 18.8 Å². The van der Waals surface area contributed by atoms with E-state index in [0.29, 0.717) is 16.8 Å². The number of benzene rings is 1. The van der Waals surface area contributed by atoms with Crippen molar-refractivity contribution in [3.63, 3.8) is 0 Å². The zero-order valence-corrected chi connectivity index (χ0v) is 13.1. The second kappa shape index (κ2) is 5.24. The first-order chi connectivity index (χ1) is 9.93. The summed E-state index contributed by atoms with van der Waals surface area (Å²) < 4.78 is 29.6. The molecule has 1 heterocycles. The lowest BCUT2D eigenvalue weighted by Gasteiger charge is -2.35. The van der Waals surface area contributed by atoms with Gasteiger partial charge in [0.1, 0.15) is 11.3 Å². The molecule has 0 atom stereocenters. The van der Waals surface area contributed by atoms with Gasteiger partial charge in [-0.1, -0.05) is 13.8 Å². The maximum Gasteiger partial charge on any atom is 0.184 e. The van der Waals surface area contributed by atoms with Crippen molar-refractivity contribution in [1.29, 1.82) is 0 Å². The Morgan fingerprint density at radius 1 is 1.29 bits per heavy atom. The third-order valence-electron chi connectivity index (χ3n) is 4.61. The van der Waals surface area contributed by atoms with Gasteiger partial charge in [-0.3, -0.25) is 0 Å². The van der Waals surface area contributed by atoms with E-state index in [0.717, 1.165) is 31.7 Å². The molecule has 0 spiro atoms. The van der Waals surface area contributed by atoms with E-state index < -0.39 is 11.6 Å². The van der Waals surface area contributed by atoms with Gasteiger partial charge in [0.2, 0.25) is 0 Å². The molecule has 0 unspecified atom stereocenters. The number of nitrogens with zero attached hydrogens (tertiary/aromatic N) is 2. The molecule has 1 aliphatic carbocycles. The van der Waals surface area contributed by atoms with E-state index in [9.17, 15) is 8.78 Å². The van der Waals surface area contributed by atoms with Crippen LogP contribution >= 0.6 is 11.6 Å². The van der Waals surface area contributed by atoms with Gasteiger partial charge >= 0.3 is 0 Å². The maximum absolute atomic E-state index is 14.2. The lowest BCUT2D eigenvalue weighted by molar-refractivity contribution is 0.194. The quantitative estimate of drug-likeness (QED) is 0.697. The van der Waals surface area contributed by atoms with Crippen LogP contribution in [0.3, 0.4) is 0 Å². The number of imidazole rings is 1. The molecule has 21 heavy (non-hydrogen) atoms. The minimum atomic E-state index is -0.832. The molecule has 0 amide bonds. The van der Waals surface area contributed by atoms with E-state index in [1.807, 2.05) is 4.57 Å². The Morgan fingerprint density at radius 3 is 2.57 bits per heavy atom. The first kappa shape index (κ1) is 14.8. The summed E-state index contributed by atoms with van der Waals surface area (Å²) in [6, 6.07) is 2.79. The van der Waals surface area contributed by atoms with Gasteiger partial charge in [0.15, 0.2) is 11.6 Å². The Kier molecular flexibility index (Phi) is 3.68. The molecular formula is C16H19ClF2N2. The van der Waals surface area contributed by atoms with Crippen molar-refractivity contribution in [3.05, 3.63) is 29.6 Å². The largest absolute Gasteiger partial charge is 0.321 e. The molecule has 1 aromatic carbocycles. The maximum atomic E-state index is 14.2. The standard InChI is InChI=1S/C16H19ClF2N2/c1-16(2)7-5-10(6-8-16)21-13(9-17)20-12-4-3-11(18)14(19)15(12)21/h3-4,10H,5-9H2,1-2H3. The molecule has 1 saturated carbocycles. The summed E-state index contributed by atoms with van der Waals surface area (Å²) in [4.78, 5) is 4.37. The van der Waals surface area contributed by atoms with Crippen LogP contribution in [0.5, 0.6) is 0 Å². The average Bonchev–Trinajstić information content (AvgIpc) is 2.82. The minimum Gasteiger partial charge on any atom is -0.321 e. The second-order valence-corrected chi connectivity index (χ2v) is 6.92. The zero-order chi connectivity index (χ0) is 15.2. The van der Waals surface area contributed by atoms with Crippen LogP contribution in [-0.4, -0.2) is 9.55 Å². The Balaban J connectivity index is 2.10. The summed E-state index contributed by atoms with van der Waals surface area (Å²) in [6.07, 6.45) is 4.02. The summed E-state index contributed by atoms with van der Waals surface area (Å²) in [7, 11) is 0. The Hall–Kier alpha value is -1.16. The van der Waals surface area contributed by atoms with Crippen LogP contribution < -0.4 is 0 Å². The van der Waals surface area contributed by atoms with E-state index >= 15 is 0 Å². The molecule has 0 N–H and O–H groups in total. The van der Waals surface area contributed by atoms with Crippen LogP contribution in [-0.2, 0) is 5.88 Å². The Bertz CT molecular complexity index is 668. The SMILES string of the molecule is CC1(C)CCC(n2c(CCl)nc3ccc(F)c(F)c32)CC1. The third kappa shape index (κ3) is 2.54. The molecule has 1 aromatic heterocycles. The van der Waals surface area contributed by atoms with Crippen molar-refractivity contribution in [3.8, 4) is 0 Å². The highest BCUT2D eigenvalue weighted by atomic mass is 35.5. The van der Waals surface area contributed by atoms with Crippen LogP contribution in [0.25, 0.3) is 11.0 Å². The van der Waals surface area contributed by atoms with E-state index in [4.69, 9.17) is 11.6 Å². The van der Waals surface area contributed by atoms with E-state index in [-0.39, 0.29) is 17.4 Å². The summed E-state index contributed by atoms with van der Waals surface area (Å²) >= 11 is 5.97. The predicted octanol–water partition coefficient (Wildman–Crippen LogP) is 5.19. The highest BCUT2D eigenvalue weighted by Gasteiger charge is 2.30. The monoisotopic (exact) mass is 312 g/mol. The number of alkyl halides is 1. The van der Waals surface area contributed by atoms with Gasteiger partial charge in [-0.05, 0) is 43.2 Å². The molecule has 114 valence electrons. The van der Waals surface area contributed by atoms with Gasteiger partial charge in [-0.2, -0.15) is 0 Å². The highest BCUT2D eigenvalue weighted by Crippen LogP contribution is 2.42. The van der Waals surface area contributed by atoms with Crippen molar-refractivity contribution in [1.82, 2.24) is 9.55 Å². The minimum absolute atomic E-state index is 0.146. The van der Waals surface area contributed by atoms with Gasteiger partial charge in [-0.15, -0.1) is 11.6 Å². The van der Waals surface area contributed by atoms with Crippen molar-refractivity contribution in [2.75, 3.05) is 0 Å². The average molecular weight is 313 g/mol. The summed E-state index contributed by atoms with van der Waals surface area (Å²) in [5.41, 5.74) is 1.06. The molecule has 0 radical (unpaired) electrons. The number of fused-ring (bicyclic) bond motifs is 1. The topological polar surface area (TPSA) is 17.8 Å². The third-order valence-corrected chi connectivity index (χ3v) is 4.85. The number of hydrogen-bond acceptors (Lipinski definition) is 1. The van der Waals surface area contributed by atoms with Crippen LogP contribution in [0.2, 0.25) is 0 Å². The molecular weight excluding hydrogens is 294 g/mol. The van der Waals surface area contributed by atoms with Gasteiger partial charge in [-0.25, -0.2) is 13.8 Å². The first-order valence-corrected chi connectivity index (χ1v) is 7.87. The molecule has 5 heteroatoms. The Labute approximate surface area is 128 Å². The molecule has 2 nitrogen and oxygen atoms in total. The molecule has 0 saturated heterocycles. The van der Waals surface area contributed by atoms with E-state index in [1.54, 1.807) is 0 Å². The summed E-state index contributed by atoms with van der Waals surface area (Å²) in [5, 5.41) is 0. The molecule has 1 fully saturated rings. The number of hydrogen-bond donors (Lipinski definition) is 0. The molecule has 1 aliphatic rings. The summed E-state index contributed by atoms with van der Waals surface area (Å²) in [6.45, 7) is 4.50. The molecule has 3 rings (SSSR count). The lowest BCUT2D eigenvalue weighted by Crippen LogP contribution is -2.24. The normalized spacial score (nSPS) is 19.3. The molecule has 0 aliphatic heterocycles. The van der Waals surface area contributed by atoms with Gasteiger partial charge < -0.3 is 4.57 Å². The van der Waals surface area contributed by atoms with Crippen molar-refractivity contribution in [2.45, 2.75) is 51.5 Å². The second-order valence-electron chi connectivity index (χ2n) is 6.66. The number of halogens is 3. The predicted molar refractivity (Wildman–Crippen MR) is 80.5 cm³/mol. The van der Waals surface area contributed by atoms with E-state index in [1.165, 1.54) is 6.07 Å². The zero-order valence-electron chi connectivity index (χ0n) is 12.3. The van der Waals surface area contributed by atoms with Crippen LogP contribution in [0.1, 0.15) is 51.4 Å². The van der Waals surface area contributed by atoms with Crippen molar-refractivity contribution < 1.29 is 8.78 Å². The smallest absolute Gasteiger partial charge is 0.184 e. The summed E-state index contributed by atoms with van der Waals surface area (Å²) in [5.74, 6) is -0.821. The lowest BCUT2D eigenvalue weighted by atomic mass is 9.75. The Morgan fingerprint density at radius 2 is 1.95 bits per heavy atom. The van der Waals surface area contributed by atoms with Gasteiger partial charge in [0, 0.05) is 6.04 Å². The fraction of sp³-hybridized carbons (Fsp3) is 0.562. The highest BCUT2D eigenvalue weighted by molar-refractivity contribution is 6.16. The van der Waals surface area contributed by atoms with Crippen molar-refractivity contribution >= 4 is 22.6 Å². The van der Waals surface area contributed by atoms with Gasteiger partial charge in [0.25, 0.3) is 0 Å². The first-order valence-electron chi connectivity index (χ1n) is 7.34. The molecule has 2 aromatic rings.